The predicted octanol–water partition coefficient (Wildman–Crippen LogP) is 3.28. The Labute approximate surface area is 197 Å². The average Bonchev–Trinajstić information content (AvgIpc) is 2.89. The Morgan fingerprint density at radius 3 is 1.94 bits per heavy atom. The smallest absolute Gasteiger partial charge is 0.262 e. The summed E-state index contributed by atoms with van der Waals surface area (Å²) in [6.07, 6.45) is 9.34. The highest BCUT2D eigenvalue weighted by Crippen LogP contribution is 2.10. The summed E-state index contributed by atoms with van der Waals surface area (Å²) in [5.41, 5.74) is 2.99. The van der Waals surface area contributed by atoms with Gasteiger partial charge in [0, 0.05) is 37.9 Å². The number of nitriles is 1. The molecule has 1 aromatic carbocycles. The van der Waals surface area contributed by atoms with Crippen molar-refractivity contribution >= 4 is 24.0 Å². The van der Waals surface area contributed by atoms with E-state index in [2.05, 4.69) is 25.4 Å². The summed E-state index contributed by atoms with van der Waals surface area (Å²) < 4.78 is 0. The minimum absolute atomic E-state index is 0.0118. The SMILES string of the molecule is [C-]#[N+]C(=Cc1ccncc1)C(=O)NCc1cccc(CNC(=O)C(C#N)=Cc2ccncc2)c1. The van der Waals surface area contributed by atoms with Crippen LogP contribution in [0.5, 0.6) is 0 Å². The molecule has 0 saturated carbocycles. The first kappa shape index (κ1) is 23.6. The minimum Gasteiger partial charge on any atom is -0.357 e. The molecule has 2 heterocycles. The molecule has 0 saturated heterocycles. The van der Waals surface area contributed by atoms with Crippen LogP contribution in [0.1, 0.15) is 22.3 Å². The van der Waals surface area contributed by atoms with E-state index in [9.17, 15) is 14.9 Å². The number of pyridine rings is 2. The lowest BCUT2D eigenvalue weighted by atomic mass is 10.1. The number of carbonyl (C=O) groups is 2. The number of nitrogens with zero attached hydrogens (tertiary/aromatic N) is 4. The van der Waals surface area contributed by atoms with Gasteiger partial charge in [-0.3, -0.25) is 19.6 Å². The number of nitrogens with one attached hydrogen (secondary N) is 2. The quantitative estimate of drug-likeness (QED) is 0.312. The molecule has 0 aliphatic rings. The van der Waals surface area contributed by atoms with Gasteiger partial charge in [0.2, 0.25) is 0 Å². The van der Waals surface area contributed by atoms with E-state index in [0.29, 0.717) is 11.1 Å². The highest BCUT2D eigenvalue weighted by atomic mass is 16.2. The molecule has 0 fully saturated rings. The van der Waals surface area contributed by atoms with Crippen LogP contribution in [-0.2, 0) is 22.7 Å². The number of hydrogen-bond donors (Lipinski definition) is 2. The third-order valence-electron chi connectivity index (χ3n) is 4.64. The standard InChI is InChI=1S/C26H20N6O2/c1-28-24(15-20-7-11-30-12-8-20)26(34)32-18-22-4-2-3-21(13-22)17-31-25(33)23(16-27)14-19-5-9-29-10-6-19/h2-15H,17-18H2,(H,31,33)(H,32,34). The zero-order chi connectivity index (χ0) is 24.2. The number of hydrogen-bond acceptors (Lipinski definition) is 5. The Morgan fingerprint density at radius 2 is 1.41 bits per heavy atom. The molecule has 2 amide bonds. The molecule has 3 rings (SSSR count). The second-order valence-corrected chi connectivity index (χ2v) is 7.06. The zero-order valence-electron chi connectivity index (χ0n) is 18.1. The van der Waals surface area contributed by atoms with E-state index < -0.39 is 11.8 Å². The van der Waals surface area contributed by atoms with Gasteiger partial charge in [-0.2, -0.15) is 5.26 Å². The van der Waals surface area contributed by atoms with Crippen LogP contribution in [0.2, 0.25) is 0 Å². The second-order valence-electron chi connectivity index (χ2n) is 7.06. The van der Waals surface area contributed by atoms with Crippen molar-refractivity contribution in [1.82, 2.24) is 20.6 Å². The summed E-state index contributed by atoms with van der Waals surface area (Å²) in [4.78, 5) is 35.9. The van der Waals surface area contributed by atoms with Gasteiger partial charge < -0.3 is 10.6 Å². The first-order valence-electron chi connectivity index (χ1n) is 10.2. The molecule has 2 aromatic heterocycles. The van der Waals surface area contributed by atoms with Crippen molar-refractivity contribution in [1.29, 1.82) is 5.26 Å². The first-order chi connectivity index (χ1) is 16.6. The van der Waals surface area contributed by atoms with Crippen molar-refractivity contribution in [2.24, 2.45) is 0 Å². The number of aromatic nitrogens is 2. The number of benzene rings is 1. The number of carbonyl (C=O) groups excluding carboxylic acids is 2. The highest BCUT2D eigenvalue weighted by Gasteiger charge is 2.11. The molecule has 0 unspecified atom stereocenters. The van der Waals surface area contributed by atoms with E-state index in [1.165, 1.54) is 12.2 Å². The predicted molar refractivity (Wildman–Crippen MR) is 127 cm³/mol. The van der Waals surface area contributed by atoms with Crippen molar-refractivity contribution < 1.29 is 9.59 Å². The molecule has 0 spiro atoms. The van der Waals surface area contributed by atoms with Crippen molar-refractivity contribution in [2.75, 3.05) is 0 Å². The van der Waals surface area contributed by atoms with Crippen LogP contribution in [0.4, 0.5) is 0 Å². The monoisotopic (exact) mass is 448 g/mol. The number of amides is 2. The van der Waals surface area contributed by atoms with E-state index in [1.807, 2.05) is 30.3 Å². The Morgan fingerprint density at radius 1 is 0.882 bits per heavy atom. The molecule has 2 N–H and O–H groups in total. The van der Waals surface area contributed by atoms with Crippen LogP contribution >= 0.6 is 0 Å². The topological polar surface area (TPSA) is 112 Å². The lowest BCUT2D eigenvalue weighted by Gasteiger charge is -2.08. The summed E-state index contributed by atoms with van der Waals surface area (Å²) in [5, 5.41) is 14.8. The summed E-state index contributed by atoms with van der Waals surface area (Å²) in [6.45, 7) is 7.71. The summed E-state index contributed by atoms with van der Waals surface area (Å²) in [5.74, 6) is -0.966. The Hall–Kier alpha value is -5.08. The largest absolute Gasteiger partial charge is 0.357 e. The Kier molecular flexibility index (Phi) is 8.38. The molecule has 0 aliphatic heterocycles. The highest BCUT2D eigenvalue weighted by molar-refractivity contribution is 6.01. The molecule has 0 bridgehead atoms. The van der Waals surface area contributed by atoms with Crippen molar-refractivity contribution in [3.8, 4) is 6.07 Å². The van der Waals surface area contributed by atoms with Gasteiger partial charge in [-0.15, -0.1) is 0 Å². The van der Waals surface area contributed by atoms with Gasteiger partial charge in [0.1, 0.15) is 11.6 Å². The summed E-state index contributed by atoms with van der Waals surface area (Å²) >= 11 is 0. The Balaban J connectivity index is 1.58. The van der Waals surface area contributed by atoms with E-state index >= 15 is 0 Å². The van der Waals surface area contributed by atoms with Crippen LogP contribution in [0.25, 0.3) is 17.0 Å². The van der Waals surface area contributed by atoms with E-state index in [0.717, 1.165) is 11.1 Å². The fourth-order valence-corrected chi connectivity index (χ4v) is 2.94. The molecule has 3 aromatic rings. The lowest BCUT2D eigenvalue weighted by molar-refractivity contribution is -0.118. The maximum absolute atomic E-state index is 12.4. The molecule has 34 heavy (non-hydrogen) atoms. The Bertz CT molecular complexity index is 1200. The van der Waals surface area contributed by atoms with Gasteiger partial charge in [0.15, 0.2) is 0 Å². The molecule has 166 valence electrons. The average molecular weight is 448 g/mol. The molecule has 8 heteroatoms. The van der Waals surface area contributed by atoms with Gasteiger partial charge in [-0.1, -0.05) is 24.3 Å². The van der Waals surface area contributed by atoms with Crippen LogP contribution in [0, 0.1) is 17.9 Å². The van der Waals surface area contributed by atoms with E-state index in [-0.39, 0.29) is 24.4 Å². The van der Waals surface area contributed by atoms with Crippen LogP contribution < -0.4 is 10.6 Å². The van der Waals surface area contributed by atoms with Crippen molar-refractivity contribution in [3.05, 3.63) is 118 Å². The summed E-state index contributed by atoms with van der Waals surface area (Å²) in [6, 6.07) is 16.0. The fraction of sp³-hybridized carbons (Fsp3) is 0.0769. The lowest BCUT2D eigenvalue weighted by Crippen LogP contribution is -2.25. The molecule has 0 radical (unpaired) electrons. The molecule has 0 aliphatic carbocycles. The normalized spacial score (nSPS) is 11.1. The van der Waals surface area contributed by atoms with E-state index in [4.69, 9.17) is 6.57 Å². The molecular formula is C26H20N6O2. The molecule has 8 nitrogen and oxygen atoms in total. The third kappa shape index (κ3) is 6.98. The molecule has 0 atom stereocenters. The van der Waals surface area contributed by atoms with Gasteiger partial charge >= 0.3 is 0 Å². The third-order valence-corrected chi connectivity index (χ3v) is 4.64. The number of rotatable bonds is 8. The van der Waals surface area contributed by atoms with Gasteiger partial charge in [-0.05, 0) is 58.7 Å². The van der Waals surface area contributed by atoms with Gasteiger partial charge in [-0.25, -0.2) is 4.85 Å². The van der Waals surface area contributed by atoms with Gasteiger partial charge in [0.05, 0.1) is 6.57 Å². The maximum atomic E-state index is 12.4. The van der Waals surface area contributed by atoms with Crippen LogP contribution in [-0.4, -0.2) is 21.8 Å². The summed E-state index contributed by atoms with van der Waals surface area (Å²) in [7, 11) is 0. The fourth-order valence-electron chi connectivity index (χ4n) is 2.94. The minimum atomic E-state index is -0.485. The molecular weight excluding hydrogens is 428 g/mol. The van der Waals surface area contributed by atoms with Crippen LogP contribution in [0.15, 0.2) is 84.6 Å². The van der Waals surface area contributed by atoms with Crippen molar-refractivity contribution in [3.63, 3.8) is 0 Å². The zero-order valence-corrected chi connectivity index (χ0v) is 18.1. The first-order valence-corrected chi connectivity index (χ1v) is 10.2. The van der Waals surface area contributed by atoms with E-state index in [1.54, 1.807) is 49.1 Å². The van der Waals surface area contributed by atoms with Crippen LogP contribution in [0.3, 0.4) is 0 Å². The maximum Gasteiger partial charge on any atom is 0.262 e. The second kappa shape index (κ2) is 12.1. The van der Waals surface area contributed by atoms with Crippen molar-refractivity contribution in [2.45, 2.75) is 13.1 Å². The van der Waals surface area contributed by atoms with Gasteiger partial charge in [0.25, 0.3) is 17.5 Å².